The van der Waals surface area contributed by atoms with Crippen molar-refractivity contribution in [2.24, 2.45) is 5.92 Å². The second kappa shape index (κ2) is 6.00. The van der Waals surface area contributed by atoms with Crippen molar-refractivity contribution in [1.29, 1.82) is 0 Å². The molecule has 5 heteroatoms. The van der Waals surface area contributed by atoms with Crippen LogP contribution in [0.3, 0.4) is 0 Å². The lowest BCUT2D eigenvalue weighted by molar-refractivity contribution is 0.115. The summed E-state index contributed by atoms with van der Waals surface area (Å²) in [5, 5.41) is 2.14. The molecule has 5 heterocycles. The molecule has 2 atom stereocenters. The van der Waals surface area contributed by atoms with Crippen molar-refractivity contribution in [1.82, 2.24) is 9.47 Å². The fourth-order valence-electron chi connectivity index (χ4n) is 4.42. The maximum Gasteiger partial charge on any atom is 0.261 e. The van der Waals surface area contributed by atoms with E-state index in [1.165, 1.54) is 17.0 Å². The number of pyridine rings is 1. The van der Waals surface area contributed by atoms with Crippen LogP contribution in [0, 0.1) is 5.92 Å². The Morgan fingerprint density at radius 3 is 2.88 bits per heavy atom. The minimum Gasteiger partial charge on any atom is -0.464 e. The molecule has 2 aliphatic heterocycles. The van der Waals surface area contributed by atoms with Crippen molar-refractivity contribution < 1.29 is 4.42 Å². The molecule has 2 bridgehead atoms. The third kappa shape index (κ3) is 2.68. The van der Waals surface area contributed by atoms with Crippen LogP contribution in [0.2, 0.25) is 0 Å². The summed E-state index contributed by atoms with van der Waals surface area (Å²) in [5.74, 6) is 1.66. The molecular formula is C20H20N2O2S. The number of nitrogens with zero attached hydrogens (tertiary/aromatic N) is 2. The highest BCUT2D eigenvalue weighted by atomic mass is 32.1. The van der Waals surface area contributed by atoms with Gasteiger partial charge in [0, 0.05) is 42.7 Å². The summed E-state index contributed by atoms with van der Waals surface area (Å²) in [5.41, 5.74) is 1.95. The Bertz CT molecular complexity index is 927. The van der Waals surface area contributed by atoms with Crippen LogP contribution < -0.4 is 5.56 Å². The molecule has 0 N–H and O–H groups in total. The predicted octanol–water partition coefficient (Wildman–Crippen LogP) is 3.79. The van der Waals surface area contributed by atoms with Crippen LogP contribution in [0.25, 0.3) is 11.3 Å². The molecule has 2 aliphatic rings. The Balaban J connectivity index is 1.46. The fourth-order valence-corrected chi connectivity index (χ4v) is 5.16. The highest BCUT2D eigenvalue weighted by Gasteiger charge is 2.35. The third-order valence-corrected chi connectivity index (χ3v) is 6.29. The summed E-state index contributed by atoms with van der Waals surface area (Å²) in [4.78, 5) is 16.9. The molecule has 0 aromatic carbocycles. The number of hydrogen-bond donors (Lipinski definition) is 0. The van der Waals surface area contributed by atoms with Crippen molar-refractivity contribution in [2.45, 2.75) is 25.4 Å². The Morgan fingerprint density at radius 2 is 2.08 bits per heavy atom. The molecule has 1 fully saturated rings. The number of hydrogen-bond acceptors (Lipinski definition) is 4. The molecule has 0 aliphatic carbocycles. The van der Waals surface area contributed by atoms with Crippen molar-refractivity contribution >= 4 is 11.3 Å². The molecule has 0 spiro atoms. The summed E-state index contributed by atoms with van der Waals surface area (Å²) in [6.07, 6.45) is 2.82. The number of piperidine rings is 1. The van der Waals surface area contributed by atoms with E-state index < -0.39 is 0 Å². The number of likely N-dealkylation sites (tertiary alicyclic amines) is 1. The molecule has 25 heavy (non-hydrogen) atoms. The average Bonchev–Trinajstić information content (AvgIpc) is 3.29. The summed E-state index contributed by atoms with van der Waals surface area (Å²) >= 11 is 1.83. The number of rotatable bonds is 3. The maximum absolute atomic E-state index is 13.0. The first kappa shape index (κ1) is 15.2. The van der Waals surface area contributed by atoms with Gasteiger partial charge in [0.2, 0.25) is 0 Å². The molecule has 0 saturated carbocycles. The highest BCUT2D eigenvalue weighted by molar-refractivity contribution is 7.09. The smallest absolute Gasteiger partial charge is 0.261 e. The van der Waals surface area contributed by atoms with Crippen molar-refractivity contribution in [3.63, 3.8) is 0 Å². The maximum atomic E-state index is 13.0. The van der Waals surface area contributed by atoms with Gasteiger partial charge in [0.05, 0.1) is 11.8 Å². The van der Waals surface area contributed by atoms with E-state index >= 15 is 0 Å². The largest absolute Gasteiger partial charge is 0.464 e. The Morgan fingerprint density at radius 1 is 1.12 bits per heavy atom. The standard InChI is InChI=1S/C20H20N2O2S/c23-20-17(19-4-1-7-24-19)5-6-18-15-9-14(11-22(18)20)10-21(12-15)13-16-3-2-8-25-16/h1-8,14-15H,9-13H2/t14-,15+/m0/s1. The van der Waals surface area contributed by atoms with Gasteiger partial charge in [-0.15, -0.1) is 11.3 Å². The quantitative estimate of drug-likeness (QED) is 0.720. The SMILES string of the molecule is O=c1c(-c2ccco2)ccc2n1C[C@H]1C[C@@H]2CN(Cc2cccs2)C1. The Kier molecular flexibility index (Phi) is 3.64. The first-order chi connectivity index (χ1) is 12.3. The molecule has 0 radical (unpaired) electrons. The van der Waals surface area contributed by atoms with Gasteiger partial charge in [0.15, 0.2) is 0 Å². The molecule has 5 rings (SSSR count). The van der Waals surface area contributed by atoms with Crippen LogP contribution in [0.4, 0.5) is 0 Å². The van der Waals surface area contributed by atoms with E-state index in [4.69, 9.17) is 4.42 Å². The normalized spacial score (nSPS) is 22.7. The number of thiophene rings is 1. The first-order valence-electron chi connectivity index (χ1n) is 8.80. The van der Waals surface area contributed by atoms with Crippen LogP contribution in [0.5, 0.6) is 0 Å². The zero-order valence-corrected chi connectivity index (χ0v) is 14.7. The second-order valence-corrected chi connectivity index (χ2v) is 8.17. The summed E-state index contributed by atoms with van der Waals surface area (Å²) in [6.45, 7) is 3.96. The van der Waals surface area contributed by atoms with Crippen LogP contribution in [-0.4, -0.2) is 22.6 Å². The van der Waals surface area contributed by atoms with E-state index in [0.717, 1.165) is 26.2 Å². The number of aromatic nitrogens is 1. The van der Waals surface area contributed by atoms with E-state index in [-0.39, 0.29) is 5.56 Å². The minimum absolute atomic E-state index is 0.0915. The van der Waals surface area contributed by atoms with Crippen molar-refractivity contribution in [3.8, 4) is 11.3 Å². The summed E-state index contributed by atoms with van der Waals surface area (Å²) < 4.78 is 7.44. The monoisotopic (exact) mass is 352 g/mol. The van der Waals surface area contributed by atoms with Crippen molar-refractivity contribution in [3.05, 3.63) is 69.0 Å². The number of fused-ring (bicyclic) bond motifs is 4. The molecule has 3 aromatic heterocycles. The van der Waals surface area contributed by atoms with Gasteiger partial charge in [-0.2, -0.15) is 0 Å². The van der Waals surface area contributed by atoms with E-state index in [1.54, 1.807) is 6.26 Å². The highest BCUT2D eigenvalue weighted by Crippen LogP contribution is 2.36. The lowest BCUT2D eigenvalue weighted by Gasteiger charge is -2.42. The predicted molar refractivity (Wildman–Crippen MR) is 98.8 cm³/mol. The topological polar surface area (TPSA) is 38.4 Å². The molecule has 0 amide bonds. The zero-order chi connectivity index (χ0) is 16.8. The van der Waals surface area contributed by atoms with Gasteiger partial charge in [-0.25, -0.2) is 0 Å². The van der Waals surface area contributed by atoms with Crippen LogP contribution >= 0.6 is 11.3 Å². The Labute approximate surface area is 150 Å². The van der Waals surface area contributed by atoms with Gasteiger partial charge >= 0.3 is 0 Å². The van der Waals surface area contributed by atoms with Crippen molar-refractivity contribution in [2.75, 3.05) is 13.1 Å². The van der Waals surface area contributed by atoms with Gasteiger partial charge in [0.1, 0.15) is 5.76 Å². The number of furan rings is 1. The zero-order valence-electron chi connectivity index (χ0n) is 13.9. The molecule has 0 unspecified atom stereocenters. The lowest BCUT2D eigenvalue weighted by atomic mass is 9.83. The fraction of sp³-hybridized carbons (Fsp3) is 0.350. The van der Waals surface area contributed by atoms with E-state index in [9.17, 15) is 4.79 Å². The van der Waals surface area contributed by atoms with Crippen LogP contribution in [0.15, 0.2) is 57.3 Å². The minimum atomic E-state index is 0.0915. The molecule has 1 saturated heterocycles. The second-order valence-electron chi connectivity index (χ2n) is 7.14. The molecule has 4 nitrogen and oxygen atoms in total. The van der Waals surface area contributed by atoms with E-state index in [0.29, 0.717) is 23.2 Å². The third-order valence-electron chi connectivity index (χ3n) is 5.43. The molecular weight excluding hydrogens is 332 g/mol. The van der Waals surface area contributed by atoms with Crippen LogP contribution in [-0.2, 0) is 13.1 Å². The van der Waals surface area contributed by atoms with Gasteiger partial charge in [-0.3, -0.25) is 9.69 Å². The lowest BCUT2D eigenvalue weighted by Crippen LogP contribution is -2.46. The molecule has 128 valence electrons. The first-order valence-corrected chi connectivity index (χ1v) is 9.68. The summed E-state index contributed by atoms with van der Waals surface area (Å²) in [6, 6.07) is 12.1. The van der Waals surface area contributed by atoms with Gasteiger partial charge in [0.25, 0.3) is 5.56 Å². The van der Waals surface area contributed by atoms with Gasteiger partial charge < -0.3 is 8.98 Å². The van der Waals surface area contributed by atoms with E-state index in [1.807, 2.05) is 34.1 Å². The Hall–Kier alpha value is -2.11. The van der Waals surface area contributed by atoms with Crippen LogP contribution in [0.1, 0.15) is 22.9 Å². The van der Waals surface area contributed by atoms with E-state index in [2.05, 4.69) is 28.5 Å². The molecule has 3 aromatic rings. The van der Waals surface area contributed by atoms with Gasteiger partial charge in [-0.1, -0.05) is 6.07 Å². The summed E-state index contributed by atoms with van der Waals surface area (Å²) in [7, 11) is 0. The van der Waals surface area contributed by atoms with Gasteiger partial charge in [-0.05, 0) is 48.1 Å². The average molecular weight is 352 g/mol.